The zero-order valence-corrected chi connectivity index (χ0v) is 13.7. The van der Waals surface area contributed by atoms with Gasteiger partial charge in [0.05, 0.1) is 23.2 Å². The molecule has 2 rings (SSSR count). The molecule has 0 amide bonds. The lowest BCUT2D eigenvalue weighted by Gasteiger charge is -2.02. The Morgan fingerprint density at radius 1 is 1.50 bits per heavy atom. The van der Waals surface area contributed by atoms with E-state index in [0.717, 1.165) is 27.5 Å². The summed E-state index contributed by atoms with van der Waals surface area (Å²) < 4.78 is 0. The zero-order valence-electron chi connectivity index (χ0n) is 12.1. The second kappa shape index (κ2) is 7.69. The van der Waals surface area contributed by atoms with E-state index in [9.17, 15) is 0 Å². The summed E-state index contributed by atoms with van der Waals surface area (Å²) in [5, 5.41) is 13.7. The molecule has 0 radical (unpaired) electrons. The summed E-state index contributed by atoms with van der Waals surface area (Å²) >= 11 is 3.04. The van der Waals surface area contributed by atoms with Crippen LogP contribution in [0.5, 0.6) is 0 Å². The van der Waals surface area contributed by atoms with Crippen molar-refractivity contribution >= 4 is 42.2 Å². The Bertz CT molecular complexity index is 769. The highest BCUT2D eigenvalue weighted by atomic mass is 32.2. The van der Waals surface area contributed by atoms with Crippen molar-refractivity contribution in [3.05, 3.63) is 45.8 Å². The Hall–Kier alpha value is -2.23. The van der Waals surface area contributed by atoms with Gasteiger partial charge in [-0.25, -0.2) is 4.98 Å². The number of thiazole rings is 1. The van der Waals surface area contributed by atoms with Crippen LogP contribution in [0.3, 0.4) is 0 Å². The first kappa shape index (κ1) is 16.1. The molecule has 2 aromatic rings. The van der Waals surface area contributed by atoms with Crippen LogP contribution in [0.2, 0.25) is 0 Å². The maximum atomic E-state index is 8.93. The van der Waals surface area contributed by atoms with E-state index in [-0.39, 0.29) is 0 Å². The van der Waals surface area contributed by atoms with Gasteiger partial charge in [-0.15, -0.1) is 23.1 Å². The third-order valence-electron chi connectivity index (χ3n) is 2.88. The van der Waals surface area contributed by atoms with E-state index in [2.05, 4.69) is 34.5 Å². The second-order valence-electron chi connectivity index (χ2n) is 4.36. The standard InChI is InChI=1S/C16H14N4S2/c1-11-6-12(7-17)4-5-13(11)16-20-15(9-22-16)14(19-3)8-21-10-18-2/h4-6,8-9H,2-3,10H2,1H3/b14-8-. The van der Waals surface area contributed by atoms with Gasteiger partial charge in [0.2, 0.25) is 0 Å². The van der Waals surface area contributed by atoms with Crippen molar-refractivity contribution in [2.45, 2.75) is 6.92 Å². The lowest BCUT2D eigenvalue weighted by Crippen LogP contribution is -1.86. The molecular formula is C16H14N4S2. The lowest BCUT2D eigenvalue weighted by molar-refractivity contribution is 1.31. The molecular weight excluding hydrogens is 312 g/mol. The highest BCUT2D eigenvalue weighted by molar-refractivity contribution is 8.02. The van der Waals surface area contributed by atoms with Crippen molar-refractivity contribution in [1.82, 2.24) is 4.98 Å². The largest absolute Gasteiger partial charge is 0.290 e. The van der Waals surface area contributed by atoms with Crippen molar-refractivity contribution in [3.63, 3.8) is 0 Å². The third kappa shape index (κ3) is 3.70. The minimum atomic E-state index is 0.574. The number of thioether (sulfide) groups is 1. The summed E-state index contributed by atoms with van der Waals surface area (Å²) in [4.78, 5) is 12.4. The monoisotopic (exact) mass is 326 g/mol. The fraction of sp³-hybridized carbons (Fsp3) is 0.125. The average molecular weight is 326 g/mol. The molecule has 1 aromatic carbocycles. The summed E-state index contributed by atoms with van der Waals surface area (Å²) in [6.45, 7) is 9.01. The average Bonchev–Trinajstić information content (AvgIpc) is 3.01. The highest BCUT2D eigenvalue weighted by Gasteiger charge is 2.10. The number of aryl methyl sites for hydroxylation is 1. The molecule has 0 bridgehead atoms. The fourth-order valence-electron chi connectivity index (χ4n) is 1.84. The molecule has 1 heterocycles. The van der Waals surface area contributed by atoms with E-state index in [4.69, 9.17) is 5.26 Å². The van der Waals surface area contributed by atoms with Crippen LogP contribution in [-0.2, 0) is 0 Å². The van der Waals surface area contributed by atoms with Gasteiger partial charge in [0.1, 0.15) is 10.7 Å². The smallest absolute Gasteiger partial charge is 0.124 e. The second-order valence-corrected chi connectivity index (χ2v) is 6.05. The first-order valence-electron chi connectivity index (χ1n) is 6.37. The van der Waals surface area contributed by atoms with Crippen molar-refractivity contribution in [3.8, 4) is 16.6 Å². The van der Waals surface area contributed by atoms with Crippen molar-refractivity contribution in [2.75, 3.05) is 5.88 Å². The van der Waals surface area contributed by atoms with Crippen LogP contribution in [0.25, 0.3) is 16.3 Å². The molecule has 1 aromatic heterocycles. The molecule has 6 heteroatoms. The van der Waals surface area contributed by atoms with E-state index in [0.29, 0.717) is 11.4 Å². The van der Waals surface area contributed by atoms with Crippen LogP contribution in [0, 0.1) is 18.3 Å². The van der Waals surface area contributed by atoms with E-state index in [1.807, 2.05) is 29.8 Å². The van der Waals surface area contributed by atoms with Crippen LogP contribution >= 0.6 is 23.1 Å². The van der Waals surface area contributed by atoms with Crippen LogP contribution in [-0.4, -0.2) is 24.3 Å². The molecule has 110 valence electrons. The van der Waals surface area contributed by atoms with E-state index >= 15 is 0 Å². The van der Waals surface area contributed by atoms with Gasteiger partial charge in [-0.1, -0.05) is 6.07 Å². The Kier molecular flexibility index (Phi) is 5.64. The number of hydrogen-bond donors (Lipinski definition) is 0. The summed E-state index contributed by atoms with van der Waals surface area (Å²) in [5.41, 5.74) is 4.22. The number of rotatable bonds is 6. The van der Waals surface area contributed by atoms with Gasteiger partial charge >= 0.3 is 0 Å². The predicted molar refractivity (Wildman–Crippen MR) is 96.5 cm³/mol. The number of aromatic nitrogens is 1. The van der Waals surface area contributed by atoms with Crippen molar-refractivity contribution in [2.24, 2.45) is 9.98 Å². The van der Waals surface area contributed by atoms with Gasteiger partial charge in [-0.3, -0.25) is 9.98 Å². The number of hydrogen-bond acceptors (Lipinski definition) is 6. The van der Waals surface area contributed by atoms with E-state index in [1.165, 1.54) is 11.8 Å². The van der Waals surface area contributed by atoms with Gasteiger partial charge < -0.3 is 0 Å². The number of benzene rings is 1. The van der Waals surface area contributed by atoms with Crippen molar-refractivity contribution < 1.29 is 0 Å². The molecule has 0 fully saturated rings. The number of nitriles is 1. The van der Waals surface area contributed by atoms with Crippen LogP contribution in [0.4, 0.5) is 0 Å². The molecule has 4 nitrogen and oxygen atoms in total. The molecule has 0 aliphatic heterocycles. The van der Waals surface area contributed by atoms with Gasteiger partial charge in [-0.05, 0) is 38.1 Å². The summed E-state index contributed by atoms with van der Waals surface area (Å²) in [6, 6.07) is 7.74. The van der Waals surface area contributed by atoms with E-state index in [1.54, 1.807) is 17.4 Å². The van der Waals surface area contributed by atoms with Gasteiger partial charge in [-0.2, -0.15) is 5.26 Å². The molecule has 0 saturated carbocycles. The third-order valence-corrected chi connectivity index (χ3v) is 4.48. The predicted octanol–water partition coefficient (Wildman–Crippen LogP) is 4.38. The highest BCUT2D eigenvalue weighted by Crippen LogP contribution is 2.30. The SMILES string of the molecule is C=NCS/C=C(\N=C)c1csc(-c2ccc(C#N)cc2C)n1. The van der Waals surface area contributed by atoms with Gasteiger partial charge in [0, 0.05) is 16.4 Å². The van der Waals surface area contributed by atoms with Crippen LogP contribution in [0.15, 0.2) is 39.0 Å². The fourth-order valence-corrected chi connectivity index (χ4v) is 3.27. The minimum absolute atomic E-state index is 0.574. The topological polar surface area (TPSA) is 61.4 Å². The molecule has 0 aliphatic carbocycles. The Labute approximate surface area is 138 Å². The summed E-state index contributed by atoms with van der Waals surface area (Å²) in [6.07, 6.45) is 0. The Balaban J connectivity index is 2.31. The van der Waals surface area contributed by atoms with Crippen LogP contribution in [0.1, 0.15) is 16.8 Å². The molecule has 0 spiro atoms. The number of nitrogens with zero attached hydrogens (tertiary/aromatic N) is 4. The summed E-state index contributed by atoms with van der Waals surface area (Å²) in [7, 11) is 0. The molecule has 0 atom stereocenters. The molecule has 0 N–H and O–H groups in total. The molecule has 0 unspecified atom stereocenters. The van der Waals surface area contributed by atoms with Gasteiger partial charge in [0.15, 0.2) is 0 Å². The van der Waals surface area contributed by atoms with Crippen molar-refractivity contribution in [1.29, 1.82) is 5.26 Å². The maximum Gasteiger partial charge on any atom is 0.124 e. The summed E-state index contributed by atoms with van der Waals surface area (Å²) in [5.74, 6) is 0.574. The Morgan fingerprint density at radius 3 is 2.95 bits per heavy atom. The first-order chi connectivity index (χ1) is 10.7. The Morgan fingerprint density at radius 2 is 2.32 bits per heavy atom. The molecule has 22 heavy (non-hydrogen) atoms. The maximum absolute atomic E-state index is 8.93. The quantitative estimate of drug-likeness (QED) is 0.584. The molecule has 0 aliphatic rings. The normalized spacial score (nSPS) is 11.0. The van der Waals surface area contributed by atoms with Gasteiger partial charge in [0.25, 0.3) is 0 Å². The number of aliphatic imine (C=N–C) groups is 2. The zero-order chi connectivity index (χ0) is 15.9. The molecule has 0 saturated heterocycles. The lowest BCUT2D eigenvalue weighted by atomic mass is 10.1. The van der Waals surface area contributed by atoms with E-state index < -0.39 is 0 Å². The van der Waals surface area contributed by atoms with Crippen LogP contribution < -0.4 is 0 Å². The first-order valence-corrected chi connectivity index (χ1v) is 8.30. The minimum Gasteiger partial charge on any atom is -0.290 e.